The third-order valence-electron chi connectivity index (χ3n) is 2.88. The van der Waals surface area contributed by atoms with Gasteiger partial charge in [0.25, 0.3) is 0 Å². The summed E-state index contributed by atoms with van der Waals surface area (Å²) in [6.07, 6.45) is 5.67. The lowest BCUT2D eigenvalue weighted by molar-refractivity contribution is 0.0697. The zero-order valence-electron chi connectivity index (χ0n) is 11.2. The molecule has 0 atom stereocenters. The standard InChI is InChI=1S/C15H15ClN2O2/c1-10(2)18-6-5-11(9-18)8-17-12-3-4-14(16)13(7-12)15(19)20/h3-10H,1-2H3,(H,19,20). The quantitative estimate of drug-likeness (QED) is 0.859. The van der Waals surface area contributed by atoms with Crippen molar-refractivity contribution in [2.75, 3.05) is 0 Å². The molecule has 1 N–H and O–H groups in total. The SMILES string of the molecule is CC(C)n1ccc(C=Nc2ccc(Cl)c(C(=O)O)c2)c1. The Morgan fingerprint density at radius 1 is 1.40 bits per heavy atom. The summed E-state index contributed by atoms with van der Waals surface area (Å²) in [5.74, 6) is -1.06. The fourth-order valence-corrected chi connectivity index (χ4v) is 1.93. The molecule has 1 aromatic heterocycles. The Morgan fingerprint density at radius 3 is 2.75 bits per heavy atom. The summed E-state index contributed by atoms with van der Waals surface area (Å²) < 4.78 is 2.08. The molecule has 20 heavy (non-hydrogen) atoms. The van der Waals surface area contributed by atoms with Crippen LogP contribution in [-0.4, -0.2) is 21.9 Å². The summed E-state index contributed by atoms with van der Waals surface area (Å²) in [6.45, 7) is 4.19. The molecule has 0 amide bonds. The molecule has 0 aliphatic rings. The van der Waals surface area contributed by atoms with Gasteiger partial charge in [0.2, 0.25) is 0 Å². The topological polar surface area (TPSA) is 54.6 Å². The molecule has 0 radical (unpaired) electrons. The summed E-state index contributed by atoms with van der Waals surface area (Å²) in [5, 5.41) is 9.21. The van der Waals surface area contributed by atoms with Crippen molar-refractivity contribution in [3.05, 3.63) is 52.8 Å². The predicted molar refractivity (Wildman–Crippen MR) is 80.5 cm³/mol. The van der Waals surface area contributed by atoms with Crippen LogP contribution < -0.4 is 0 Å². The average Bonchev–Trinajstić information content (AvgIpc) is 2.86. The number of carboxylic acid groups (broad SMARTS) is 1. The fraction of sp³-hybridized carbons (Fsp3) is 0.200. The van der Waals surface area contributed by atoms with Crippen molar-refractivity contribution in [1.29, 1.82) is 0 Å². The van der Waals surface area contributed by atoms with E-state index in [1.165, 1.54) is 12.1 Å². The van der Waals surface area contributed by atoms with Crippen LogP contribution in [0.5, 0.6) is 0 Å². The number of aliphatic imine (C=N–C) groups is 1. The number of nitrogens with zero attached hydrogens (tertiary/aromatic N) is 2. The second kappa shape index (κ2) is 5.92. The molecule has 0 unspecified atom stereocenters. The normalized spacial score (nSPS) is 11.4. The Labute approximate surface area is 122 Å². The number of aromatic carboxylic acids is 1. The first-order valence-corrected chi connectivity index (χ1v) is 6.59. The number of carboxylic acids is 1. The van der Waals surface area contributed by atoms with Gasteiger partial charge in [-0.1, -0.05) is 11.6 Å². The molecule has 0 saturated carbocycles. The lowest BCUT2D eigenvalue weighted by atomic mass is 10.2. The van der Waals surface area contributed by atoms with Gasteiger partial charge >= 0.3 is 5.97 Å². The summed E-state index contributed by atoms with van der Waals surface area (Å²) in [6, 6.07) is 7.03. The molecule has 0 aliphatic heterocycles. The van der Waals surface area contributed by atoms with E-state index in [0.29, 0.717) is 11.7 Å². The van der Waals surface area contributed by atoms with Gasteiger partial charge in [-0.15, -0.1) is 0 Å². The van der Waals surface area contributed by atoms with E-state index >= 15 is 0 Å². The van der Waals surface area contributed by atoms with Crippen molar-refractivity contribution >= 4 is 29.5 Å². The maximum absolute atomic E-state index is 11.0. The van der Waals surface area contributed by atoms with Gasteiger partial charge in [-0.05, 0) is 38.1 Å². The Bertz CT molecular complexity index is 660. The lowest BCUT2D eigenvalue weighted by Crippen LogP contribution is -1.96. The summed E-state index contributed by atoms with van der Waals surface area (Å²) >= 11 is 5.81. The van der Waals surface area contributed by atoms with Crippen LogP contribution in [0.1, 0.15) is 35.8 Å². The predicted octanol–water partition coefficient (Wildman–Crippen LogP) is 4.17. The molecule has 2 aromatic rings. The van der Waals surface area contributed by atoms with Crippen molar-refractivity contribution in [2.45, 2.75) is 19.9 Å². The van der Waals surface area contributed by atoms with Gasteiger partial charge in [-0.3, -0.25) is 4.99 Å². The summed E-state index contributed by atoms with van der Waals surface area (Å²) in [4.78, 5) is 15.3. The molecule has 1 aromatic carbocycles. The van der Waals surface area contributed by atoms with Crippen LogP contribution >= 0.6 is 11.6 Å². The number of benzene rings is 1. The number of halogens is 1. The second-order valence-electron chi connectivity index (χ2n) is 4.71. The minimum absolute atomic E-state index is 0.0565. The van der Waals surface area contributed by atoms with Crippen molar-refractivity contribution in [2.24, 2.45) is 4.99 Å². The second-order valence-corrected chi connectivity index (χ2v) is 5.12. The Hall–Kier alpha value is -2.07. The molecule has 4 nitrogen and oxygen atoms in total. The Morgan fingerprint density at radius 2 is 2.15 bits per heavy atom. The van der Waals surface area contributed by atoms with Crippen LogP contribution in [0.15, 0.2) is 41.7 Å². The van der Waals surface area contributed by atoms with Crippen LogP contribution in [0, 0.1) is 0 Å². The Balaban J connectivity index is 2.22. The van der Waals surface area contributed by atoms with E-state index < -0.39 is 5.97 Å². The molecule has 0 aliphatic carbocycles. The molecular formula is C15H15ClN2O2. The van der Waals surface area contributed by atoms with Gasteiger partial charge in [0, 0.05) is 30.2 Å². The maximum Gasteiger partial charge on any atom is 0.337 e. The summed E-state index contributed by atoms with van der Waals surface area (Å²) in [5.41, 5.74) is 1.58. The van der Waals surface area contributed by atoms with E-state index in [4.69, 9.17) is 16.7 Å². The van der Waals surface area contributed by atoms with E-state index in [-0.39, 0.29) is 10.6 Å². The number of hydrogen-bond donors (Lipinski definition) is 1. The Kier molecular flexibility index (Phi) is 4.25. The lowest BCUT2D eigenvalue weighted by Gasteiger charge is -2.04. The highest BCUT2D eigenvalue weighted by Crippen LogP contribution is 2.22. The molecule has 0 fully saturated rings. The number of rotatable bonds is 4. The van der Waals surface area contributed by atoms with Crippen LogP contribution in [0.25, 0.3) is 0 Å². The molecule has 0 saturated heterocycles. The zero-order valence-corrected chi connectivity index (χ0v) is 12.0. The van der Waals surface area contributed by atoms with E-state index in [9.17, 15) is 4.79 Å². The average molecular weight is 291 g/mol. The van der Waals surface area contributed by atoms with E-state index in [0.717, 1.165) is 5.56 Å². The number of hydrogen-bond acceptors (Lipinski definition) is 2. The minimum atomic E-state index is -1.06. The smallest absolute Gasteiger partial charge is 0.337 e. The van der Waals surface area contributed by atoms with Crippen LogP contribution in [0.2, 0.25) is 5.02 Å². The molecule has 0 bridgehead atoms. The first kappa shape index (κ1) is 14.3. The highest BCUT2D eigenvalue weighted by atomic mass is 35.5. The fourth-order valence-electron chi connectivity index (χ4n) is 1.73. The van der Waals surface area contributed by atoms with Gasteiger partial charge in [0.05, 0.1) is 16.3 Å². The molecule has 0 spiro atoms. The molecule has 1 heterocycles. The van der Waals surface area contributed by atoms with E-state index in [1.807, 2.05) is 18.5 Å². The zero-order chi connectivity index (χ0) is 14.7. The van der Waals surface area contributed by atoms with Gasteiger partial charge in [-0.2, -0.15) is 0 Å². The van der Waals surface area contributed by atoms with Crippen molar-refractivity contribution < 1.29 is 9.90 Å². The van der Waals surface area contributed by atoms with E-state index in [1.54, 1.807) is 12.3 Å². The molecule has 2 rings (SSSR count). The van der Waals surface area contributed by atoms with Gasteiger partial charge < -0.3 is 9.67 Å². The largest absolute Gasteiger partial charge is 0.478 e. The third kappa shape index (κ3) is 3.27. The van der Waals surface area contributed by atoms with Crippen LogP contribution in [0.3, 0.4) is 0 Å². The summed E-state index contributed by atoms with van der Waals surface area (Å²) in [7, 11) is 0. The molecule has 5 heteroatoms. The first-order valence-electron chi connectivity index (χ1n) is 6.22. The minimum Gasteiger partial charge on any atom is -0.478 e. The van der Waals surface area contributed by atoms with Crippen molar-refractivity contribution in [3.8, 4) is 0 Å². The molecular weight excluding hydrogens is 276 g/mol. The van der Waals surface area contributed by atoms with Crippen molar-refractivity contribution in [3.63, 3.8) is 0 Å². The highest BCUT2D eigenvalue weighted by Gasteiger charge is 2.08. The number of aromatic nitrogens is 1. The molecule has 104 valence electrons. The first-order chi connectivity index (χ1) is 9.47. The number of carbonyl (C=O) groups is 1. The van der Waals surface area contributed by atoms with Gasteiger partial charge in [0.15, 0.2) is 0 Å². The third-order valence-corrected chi connectivity index (χ3v) is 3.21. The maximum atomic E-state index is 11.0. The van der Waals surface area contributed by atoms with Crippen molar-refractivity contribution in [1.82, 2.24) is 4.57 Å². The van der Waals surface area contributed by atoms with Gasteiger partial charge in [-0.25, -0.2) is 4.79 Å². The highest BCUT2D eigenvalue weighted by molar-refractivity contribution is 6.33. The van der Waals surface area contributed by atoms with E-state index in [2.05, 4.69) is 23.4 Å². The van der Waals surface area contributed by atoms with Crippen LogP contribution in [0.4, 0.5) is 5.69 Å². The van der Waals surface area contributed by atoms with Crippen LogP contribution in [-0.2, 0) is 0 Å². The monoisotopic (exact) mass is 290 g/mol. The van der Waals surface area contributed by atoms with Gasteiger partial charge in [0.1, 0.15) is 0 Å².